The zero-order valence-electron chi connectivity index (χ0n) is 16.5. The van der Waals surface area contributed by atoms with E-state index in [0.717, 1.165) is 17.1 Å². The average molecular weight is 457 g/mol. The zero-order chi connectivity index (χ0) is 21.0. The Labute approximate surface area is 180 Å². The summed E-state index contributed by atoms with van der Waals surface area (Å²) < 4.78 is 27.0. The Kier molecular flexibility index (Phi) is 7.28. The standard InChI is InChI=1S/C19H25ClN4O3S2/c1-3-18-21-15(14-28-18)12-22(2)13-19(25)23-8-10-24(11-9-23)29(26,27)17-7-5-4-6-16(17)20/h4-7,14H,3,8-13H2,1-2H3. The minimum atomic E-state index is -3.66. The third-order valence-electron chi connectivity index (χ3n) is 4.78. The van der Waals surface area contributed by atoms with Crippen molar-refractivity contribution >= 4 is 38.9 Å². The number of likely N-dealkylation sites (N-methyl/N-ethyl adjacent to an activating group) is 1. The van der Waals surface area contributed by atoms with E-state index in [4.69, 9.17) is 11.6 Å². The van der Waals surface area contributed by atoms with Crippen LogP contribution in [0.1, 0.15) is 17.6 Å². The molecule has 10 heteroatoms. The second kappa shape index (κ2) is 9.53. The monoisotopic (exact) mass is 456 g/mol. The lowest BCUT2D eigenvalue weighted by Crippen LogP contribution is -2.52. The van der Waals surface area contributed by atoms with Crippen LogP contribution in [-0.4, -0.2) is 73.2 Å². The Morgan fingerprint density at radius 1 is 1.24 bits per heavy atom. The van der Waals surface area contributed by atoms with Gasteiger partial charge in [-0.05, 0) is 25.6 Å². The third-order valence-corrected chi connectivity index (χ3v) is 8.23. The highest BCUT2D eigenvalue weighted by Gasteiger charge is 2.31. The van der Waals surface area contributed by atoms with Gasteiger partial charge >= 0.3 is 0 Å². The molecule has 1 aliphatic rings. The number of amides is 1. The number of carbonyl (C=O) groups is 1. The number of carbonyl (C=O) groups excluding carboxylic acids is 1. The normalized spacial score (nSPS) is 15.8. The number of aromatic nitrogens is 1. The molecule has 0 N–H and O–H groups in total. The van der Waals surface area contributed by atoms with E-state index >= 15 is 0 Å². The first-order valence-corrected chi connectivity index (χ1v) is 12.1. The van der Waals surface area contributed by atoms with Crippen molar-refractivity contribution in [1.29, 1.82) is 0 Å². The Hall–Kier alpha value is -1.52. The van der Waals surface area contributed by atoms with E-state index in [0.29, 0.717) is 19.6 Å². The molecule has 0 spiro atoms. The highest BCUT2D eigenvalue weighted by molar-refractivity contribution is 7.89. The van der Waals surface area contributed by atoms with E-state index in [9.17, 15) is 13.2 Å². The van der Waals surface area contributed by atoms with Crippen LogP contribution in [-0.2, 0) is 27.8 Å². The van der Waals surface area contributed by atoms with Gasteiger partial charge in [0.2, 0.25) is 15.9 Å². The third kappa shape index (κ3) is 5.35. The summed E-state index contributed by atoms with van der Waals surface area (Å²) in [6.45, 7) is 4.21. The molecule has 158 valence electrons. The van der Waals surface area contributed by atoms with Crippen LogP contribution >= 0.6 is 22.9 Å². The molecule has 1 aromatic carbocycles. The number of halogens is 1. The van der Waals surface area contributed by atoms with Gasteiger partial charge in [0.25, 0.3) is 0 Å². The molecule has 1 amide bonds. The Morgan fingerprint density at radius 3 is 2.55 bits per heavy atom. The molecule has 0 bridgehead atoms. The lowest BCUT2D eigenvalue weighted by molar-refractivity contribution is -0.133. The molecule has 1 fully saturated rings. The molecule has 0 aliphatic carbocycles. The first-order chi connectivity index (χ1) is 13.8. The number of aryl methyl sites for hydroxylation is 1. The van der Waals surface area contributed by atoms with E-state index in [1.165, 1.54) is 10.4 Å². The predicted molar refractivity (Wildman–Crippen MR) is 115 cm³/mol. The minimum Gasteiger partial charge on any atom is -0.339 e. The minimum absolute atomic E-state index is 0.00626. The maximum absolute atomic E-state index is 12.8. The van der Waals surface area contributed by atoms with Gasteiger partial charge in [-0.25, -0.2) is 13.4 Å². The van der Waals surface area contributed by atoms with E-state index in [2.05, 4.69) is 11.9 Å². The Balaban J connectivity index is 1.53. The fourth-order valence-corrected chi connectivity index (χ4v) is 5.87. The Morgan fingerprint density at radius 2 is 1.93 bits per heavy atom. The van der Waals surface area contributed by atoms with Crippen molar-refractivity contribution in [2.45, 2.75) is 24.8 Å². The van der Waals surface area contributed by atoms with E-state index in [1.54, 1.807) is 34.4 Å². The maximum atomic E-state index is 12.8. The van der Waals surface area contributed by atoms with Gasteiger partial charge < -0.3 is 4.90 Å². The molecule has 2 aromatic rings. The first kappa shape index (κ1) is 22.2. The van der Waals surface area contributed by atoms with E-state index in [1.807, 2.05) is 17.3 Å². The van der Waals surface area contributed by atoms with Crippen molar-refractivity contribution < 1.29 is 13.2 Å². The van der Waals surface area contributed by atoms with Crippen LogP contribution in [0.15, 0.2) is 34.5 Å². The number of nitrogens with zero attached hydrogens (tertiary/aromatic N) is 4. The molecule has 3 rings (SSSR count). The van der Waals surface area contributed by atoms with Gasteiger partial charge in [-0.15, -0.1) is 11.3 Å². The number of thiazole rings is 1. The van der Waals surface area contributed by atoms with Crippen molar-refractivity contribution in [3.05, 3.63) is 45.4 Å². The zero-order valence-corrected chi connectivity index (χ0v) is 18.9. The summed E-state index contributed by atoms with van der Waals surface area (Å²) in [5.74, 6) is -0.00626. The molecule has 0 saturated carbocycles. The van der Waals surface area contributed by atoms with Gasteiger partial charge in [0.1, 0.15) is 4.90 Å². The number of piperazine rings is 1. The molecule has 0 atom stereocenters. The predicted octanol–water partition coefficient (Wildman–Crippen LogP) is 2.32. The van der Waals surface area contributed by atoms with Crippen molar-refractivity contribution in [3.8, 4) is 0 Å². The summed E-state index contributed by atoms with van der Waals surface area (Å²) in [5.41, 5.74) is 0.970. The molecule has 0 unspecified atom stereocenters. The van der Waals surface area contributed by atoms with Gasteiger partial charge in [-0.1, -0.05) is 30.7 Å². The van der Waals surface area contributed by atoms with Gasteiger partial charge in [-0.2, -0.15) is 4.31 Å². The molecule has 1 saturated heterocycles. The van der Waals surface area contributed by atoms with Gasteiger partial charge in [0.05, 0.1) is 22.3 Å². The van der Waals surface area contributed by atoms with Gasteiger partial charge in [0, 0.05) is 38.1 Å². The molecule has 0 radical (unpaired) electrons. The van der Waals surface area contributed by atoms with Crippen molar-refractivity contribution in [3.63, 3.8) is 0 Å². The highest BCUT2D eigenvalue weighted by Crippen LogP contribution is 2.25. The molecule has 29 heavy (non-hydrogen) atoms. The largest absolute Gasteiger partial charge is 0.339 e. The summed E-state index contributed by atoms with van der Waals surface area (Å²) in [6.07, 6.45) is 0.911. The molecule has 1 aliphatic heterocycles. The van der Waals surface area contributed by atoms with Crippen LogP contribution < -0.4 is 0 Å². The van der Waals surface area contributed by atoms with Crippen LogP contribution in [0.3, 0.4) is 0 Å². The van der Waals surface area contributed by atoms with Gasteiger partial charge in [-0.3, -0.25) is 9.69 Å². The van der Waals surface area contributed by atoms with Crippen LogP contribution in [0.2, 0.25) is 5.02 Å². The van der Waals surface area contributed by atoms with Gasteiger partial charge in [0.15, 0.2) is 0 Å². The van der Waals surface area contributed by atoms with Crippen molar-refractivity contribution in [2.24, 2.45) is 0 Å². The summed E-state index contributed by atoms with van der Waals surface area (Å²) in [6, 6.07) is 6.42. The summed E-state index contributed by atoms with van der Waals surface area (Å²) >= 11 is 7.70. The van der Waals surface area contributed by atoms with Crippen LogP contribution in [0.5, 0.6) is 0 Å². The number of rotatable bonds is 7. The average Bonchev–Trinajstić information content (AvgIpc) is 3.15. The van der Waals surface area contributed by atoms with Crippen LogP contribution in [0.25, 0.3) is 0 Å². The summed E-state index contributed by atoms with van der Waals surface area (Å²) in [4.78, 5) is 20.9. The molecule has 2 heterocycles. The lowest BCUT2D eigenvalue weighted by atomic mass is 10.3. The molecular formula is C19H25ClN4O3S2. The Bertz CT molecular complexity index is 956. The number of hydrogen-bond donors (Lipinski definition) is 0. The molecule has 7 nitrogen and oxygen atoms in total. The number of benzene rings is 1. The lowest BCUT2D eigenvalue weighted by Gasteiger charge is -2.34. The quantitative estimate of drug-likeness (QED) is 0.639. The first-order valence-electron chi connectivity index (χ1n) is 9.45. The SMILES string of the molecule is CCc1nc(CN(C)CC(=O)N2CCN(S(=O)(=O)c3ccccc3Cl)CC2)cs1. The fourth-order valence-electron chi connectivity index (χ4n) is 3.22. The summed E-state index contributed by atoms with van der Waals surface area (Å²) in [5, 5.41) is 3.33. The highest BCUT2D eigenvalue weighted by atomic mass is 35.5. The second-order valence-electron chi connectivity index (χ2n) is 6.97. The molecule has 1 aromatic heterocycles. The second-order valence-corrected chi connectivity index (χ2v) is 10.2. The van der Waals surface area contributed by atoms with Crippen molar-refractivity contribution in [1.82, 2.24) is 19.1 Å². The maximum Gasteiger partial charge on any atom is 0.244 e. The topological polar surface area (TPSA) is 73.8 Å². The number of hydrogen-bond acceptors (Lipinski definition) is 6. The molecular weight excluding hydrogens is 432 g/mol. The van der Waals surface area contributed by atoms with E-state index < -0.39 is 10.0 Å². The van der Waals surface area contributed by atoms with Crippen molar-refractivity contribution in [2.75, 3.05) is 39.8 Å². The van der Waals surface area contributed by atoms with Crippen LogP contribution in [0, 0.1) is 0 Å². The van der Waals surface area contributed by atoms with Crippen LogP contribution in [0.4, 0.5) is 0 Å². The van der Waals surface area contributed by atoms with E-state index in [-0.39, 0.29) is 35.5 Å². The smallest absolute Gasteiger partial charge is 0.244 e. The summed E-state index contributed by atoms with van der Waals surface area (Å²) in [7, 11) is -1.77. The number of sulfonamides is 1. The fraction of sp³-hybridized carbons (Fsp3) is 0.474.